The molecule has 1 saturated carbocycles. The lowest BCUT2D eigenvalue weighted by Crippen LogP contribution is -2.11. The fourth-order valence-corrected chi connectivity index (χ4v) is 2.15. The molecule has 5 nitrogen and oxygen atoms in total. The molecular weight excluding hydrogens is 297 g/mol. The van der Waals surface area contributed by atoms with E-state index in [-0.39, 0.29) is 0 Å². The van der Waals surface area contributed by atoms with Crippen LogP contribution in [0.4, 0.5) is 17.3 Å². The number of nitrogens with two attached hydrogens (primary N) is 1. The van der Waals surface area contributed by atoms with Gasteiger partial charge in [-0.05, 0) is 31.0 Å². The summed E-state index contributed by atoms with van der Waals surface area (Å²) in [5.74, 6) is 7.95. The summed E-state index contributed by atoms with van der Waals surface area (Å²) in [6.07, 6.45) is 2.25. The Morgan fingerprint density at radius 1 is 1.05 bits per heavy atom. The van der Waals surface area contributed by atoms with Gasteiger partial charge in [0.2, 0.25) is 0 Å². The van der Waals surface area contributed by atoms with Gasteiger partial charge in [-0.15, -0.1) is 0 Å². The number of hydrogen-bond donors (Lipinski definition) is 3. The van der Waals surface area contributed by atoms with Crippen LogP contribution in [0.1, 0.15) is 24.6 Å². The van der Waals surface area contributed by atoms with E-state index in [2.05, 4.69) is 20.7 Å². The van der Waals surface area contributed by atoms with Gasteiger partial charge in [0.25, 0.3) is 0 Å². The minimum Gasteiger partial charge on any atom is -0.340 e. The van der Waals surface area contributed by atoms with Crippen molar-refractivity contribution < 1.29 is 0 Å². The van der Waals surface area contributed by atoms with Crippen LogP contribution >= 0.6 is 23.2 Å². The normalized spacial score (nSPS) is 14.2. The summed E-state index contributed by atoms with van der Waals surface area (Å²) >= 11 is 11.9. The minimum absolute atomic E-state index is 0.442. The molecule has 0 amide bonds. The maximum absolute atomic E-state index is 5.99. The van der Waals surface area contributed by atoms with Crippen LogP contribution in [0.5, 0.6) is 0 Å². The number of nitrogens with one attached hydrogen (secondary N) is 2. The van der Waals surface area contributed by atoms with E-state index in [1.54, 1.807) is 18.2 Å². The molecule has 1 aliphatic carbocycles. The Labute approximate surface area is 126 Å². The molecule has 1 aromatic carbocycles. The third kappa shape index (κ3) is 2.95. The first-order chi connectivity index (χ1) is 9.65. The van der Waals surface area contributed by atoms with Crippen LogP contribution in [0.3, 0.4) is 0 Å². The number of benzene rings is 1. The van der Waals surface area contributed by atoms with Crippen molar-refractivity contribution in [2.75, 3.05) is 10.7 Å². The molecule has 0 radical (unpaired) electrons. The number of rotatable bonds is 4. The average molecular weight is 310 g/mol. The van der Waals surface area contributed by atoms with Crippen LogP contribution in [0.15, 0.2) is 24.3 Å². The molecule has 1 aliphatic rings. The van der Waals surface area contributed by atoms with E-state index >= 15 is 0 Å². The summed E-state index contributed by atoms with van der Waals surface area (Å²) in [6.45, 7) is 0. The van der Waals surface area contributed by atoms with Crippen LogP contribution in [0.25, 0.3) is 0 Å². The van der Waals surface area contributed by atoms with Crippen molar-refractivity contribution in [2.45, 2.75) is 18.8 Å². The van der Waals surface area contributed by atoms with Crippen molar-refractivity contribution in [2.24, 2.45) is 5.84 Å². The quantitative estimate of drug-likeness (QED) is 0.593. The van der Waals surface area contributed by atoms with Gasteiger partial charge in [-0.3, -0.25) is 0 Å². The van der Waals surface area contributed by atoms with E-state index in [0.717, 1.165) is 24.4 Å². The topological polar surface area (TPSA) is 75.9 Å². The third-order valence-electron chi connectivity index (χ3n) is 3.03. The van der Waals surface area contributed by atoms with Gasteiger partial charge in [0.15, 0.2) is 0 Å². The van der Waals surface area contributed by atoms with E-state index < -0.39 is 0 Å². The molecule has 3 rings (SSSR count). The second-order valence-electron chi connectivity index (χ2n) is 4.67. The summed E-state index contributed by atoms with van der Waals surface area (Å²) in [4.78, 5) is 8.85. The SMILES string of the molecule is NNc1cc(Nc2ccc(Cl)c(Cl)c2)nc(C2CC2)n1. The van der Waals surface area contributed by atoms with E-state index in [9.17, 15) is 0 Å². The predicted octanol–water partition coefficient (Wildman–Crippen LogP) is 3.69. The number of halogens is 2. The van der Waals surface area contributed by atoms with Crippen molar-refractivity contribution in [1.82, 2.24) is 9.97 Å². The van der Waals surface area contributed by atoms with Crippen LogP contribution in [-0.2, 0) is 0 Å². The molecule has 1 fully saturated rings. The van der Waals surface area contributed by atoms with Gasteiger partial charge < -0.3 is 10.7 Å². The lowest BCUT2D eigenvalue weighted by atomic mass is 10.3. The monoisotopic (exact) mass is 309 g/mol. The van der Waals surface area contributed by atoms with E-state index in [1.807, 2.05) is 6.07 Å². The summed E-state index contributed by atoms with van der Waals surface area (Å²) in [7, 11) is 0. The number of nitrogen functional groups attached to an aromatic ring is 1. The number of nitrogens with zero attached hydrogens (tertiary/aromatic N) is 2. The smallest absolute Gasteiger partial charge is 0.145 e. The molecule has 2 aromatic rings. The third-order valence-corrected chi connectivity index (χ3v) is 3.76. The van der Waals surface area contributed by atoms with Gasteiger partial charge in [0.1, 0.15) is 17.5 Å². The zero-order chi connectivity index (χ0) is 14.1. The highest BCUT2D eigenvalue weighted by Gasteiger charge is 2.27. The molecule has 1 aromatic heterocycles. The van der Waals surface area contributed by atoms with Crippen molar-refractivity contribution in [1.29, 1.82) is 0 Å². The molecular formula is C13H13Cl2N5. The predicted molar refractivity (Wildman–Crippen MR) is 81.6 cm³/mol. The summed E-state index contributed by atoms with van der Waals surface area (Å²) in [5, 5.41) is 4.19. The summed E-state index contributed by atoms with van der Waals surface area (Å²) in [6, 6.07) is 7.06. The van der Waals surface area contributed by atoms with Crippen LogP contribution in [0.2, 0.25) is 10.0 Å². The van der Waals surface area contributed by atoms with E-state index in [0.29, 0.717) is 27.6 Å². The molecule has 0 saturated heterocycles. The second-order valence-corrected chi connectivity index (χ2v) is 5.48. The highest BCUT2D eigenvalue weighted by molar-refractivity contribution is 6.42. The van der Waals surface area contributed by atoms with Crippen molar-refractivity contribution >= 4 is 40.5 Å². The molecule has 0 atom stereocenters. The van der Waals surface area contributed by atoms with Gasteiger partial charge in [-0.1, -0.05) is 23.2 Å². The number of aromatic nitrogens is 2. The first kappa shape index (κ1) is 13.4. The van der Waals surface area contributed by atoms with E-state index in [4.69, 9.17) is 29.0 Å². The molecule has 7 heteroatoms. The number of anilines is 3. The van der Waals surface area contributed by atoms with E-state index in [1.165, 1.54) is 0 Å². The lowest BCUT2D eigenvalue weighted by molar-refractivity contribution is 0.929. The second kappa shape index (κ2) is 5.44. The van der Waals surface area contributed by atoms with Crippen LogP contribution in [0, 0.1) is 0 Å². The lowest BCUT2D eigenvalue weighted by Gasteiger charge is -2.10. The van der Waals surface area contributed by atoms with Crippen molar-refractivity contribution in [3.63, 3.8) is 0 Å². The molecule has 1 heterocycles. The Hall–Kier alpha value is -1.56. The van der Waals surface area contributed by atoms with Gasteiger partial charge in [-0.2, -0.15) is 0 Å². The molecule has 104 valence electrons. The maximum atomic E-state index is 5.99. The Balaban J connectivity index is 1.88. The van der Waals surface area contributed by atoms with Crippen LogP contribution in [-0.4, -0.2) is 9.97 Å². The fraction of sp³-hybridized carbons (Fsp3) is 0.231. The fourth-order valence-electron chi connectivity index (χ4n) is 1.85. The first-order valence-corrected chi connectivity index (χ1v) is 6.99. The molecule has 0 bridgehead atoms. The van der Waals surface area contributed by atoms with Gasteiger partial charge in [0.05, 0.1) is 10.0 Å². The zero-order valence-electron chi connectivity index (χ0n) is 10.5. The summed E-state index contributed by atoms with van der Waals surface area (Å²) in [5.41, 5.74) is 3.37. The summed E-state index contributed by atoms with van der Waals surface area (Å²) < 4.78 is 0. The highest BCUT2D eigenvalue weighted by atomic mass is 35.5. The molecule has 0 unspecified atom stereocenters. The van der Waals surface area contributed by atoms with Gasteiger partial charge in [0, 0.05) is 17.7 Å². The molecule has 0 aliphatic heterocycles. The largest absolute Gasteiger partial charge is 0.340 e. The minimum atomic E-state index is 0.442. The molecule has 4 N–H and O–H groups in total. The number of hydrazine groups is 1. The Bertz CT molecular complexity index is 643. The highest BCUT2D eigenvalue weighted by Crippen LogP contribution is 2.39. The van der Waals surface area contributed by atoms with Crippen LogP contribution < -0.4 is 16.6 Å². The Morgan fingerprint density at radius 2 is 1.80 bits per heavy atom. The first-order valence-electron chi connectivity index (χ1n) is 6.23. The maximum Gasteiger partial charge on any atom is 0.145 e. The standard InChI is InChI=1S/C13H13Cl2N5/c14-9-4-3-8(5-10(9)15)17-11-6-12(20-16)19-13(18-11)7-1-2-7/h3-7H,1-2,16H2,(H2,17,18,19,20). The van der Waals surface area contributed by atoms with Gasteiger partial charge >= 0.3 is 0 Å². The average Bonchev–Trinajstić information content (AvgIpc) is 3.27. The molecule has 0 spiro atoms. The van der Waals surface area contributed by atoms with Crippen molar-refractivity contribution in [3.05, 3.63) is 40.1 Å². The van der Waals surface area contributed by atoms with Gasteiger partial charge in [-0.25, -0.2) is 15.8 Å². The number of hydrogen-bond acceptors (Lipinski definition) is 5. The zero-order valence-corrected chi connectivity index (χ0v) is 12.0. The molecule has 20 heavy (non-hydrogen) atoms. The Morgan fingerprint density at radius 3 is 2.45 bits per heavy atom. The Kier molecular flexibility index (Phi) is 3.65. The van der Waals surface area contributed by atoms with Crippen molar-refractivity contribution in [3.8, 4) is 0 Å².